The van der Waals surface area contributed by atoms with Gasteiger partial charge in [-0.2, -0.15) is 5.10 Å². The highest BCUT2D eigenvalue weighted by Gasteiger charge is 2.25. The first-order valence-corrected chi connectivity index (χ1v) is 11.5. The number of nitrogens with zero attached hydrogens (tertiary/aromatic N) is 3. The predicted molar refractivity (Wildman–Crippen MR) is 130 cm³/mol. The molecule has 34 heavy (non-hydrogen) atoms. The second-order valence-corrected chi connectivity index (χ2v) is 9.59. The Morgan fingerprint density at radius 1 is 1.03 bits per heavy atom. The zero-order valence-corrected chi connectivity index (χ0v) is 20.1. The molecule has 0 aliphatic carbocycles. The van der Waals surface area contributed by atoms with Gasteiger partial charge in [0.05, 0.1) is 17.7 Å². The van der Waals surface area contributed by atoms with Crippen molar-refractivity contribution in [2.75, 3.05) is 19.7 Å². The van der Waals surface area contributed by atoms with Crippen LogP contribution in [0.15, 0.2) is 53.3 Å². The topological polar surface area (TPSA) is 82.9 Å². The van der Waals surface area contributed by atoms with Crippen LogP contribution in [-0.4, -0.2) is 46.3 Å². The van der Waals surface area contributed by atoms with Crippen molar-refractivity contribution in [2.24, 2.45) is 13.0 Å². The van der Waals surface area contributed by atoms with E-state index in [9.17, 15) is 9.59 Å². The second-order valence-electron chi connectivity index (χ2n) is 9.59. The molecule has 0 atom stereocenters. The number of ether oxygens (including phenoxy) is 2. The molecule has 1 aromatic heterocycles. The summed E-state index contributed by atoms with van der Waals surface area (Å²) in [5.41, 5.74) is 1.01. The molecule has 2 aromatic carbocycles. The average Bonchev–Trinajstić information content (AvgIpc) is 2.80. The lowest BCUT2D eigenvalue weighted by Crippen LogP contribution is -2.38. The first kappa shape index (κ1) is 23.8. The van der Waals surface area contributed by atoms with E-state index in [-0.39, 0.29) is 5.56 Å². The summed E-state index contributed by atoms with van der Waals surface area (Å²) < 4.78 is 12.6. The lowest BCUT2D eigenvalue weighted by atomic mass is 9.99. The molecule has 0 amide bonds. The molecule has 8 nitrogen and oxygen atoms in total. The number of hydrogen-bond donors (Lipinski definition) is 0. The molecule has 1 aliphatic heterocycles. The van der Waals surface area contributed by atoms with Crippen LogP contribution in [0.3, 0.4) is 0 Å². The van der Waals surface area contributed by atoms with Crippen molar-refractivity contribution in [3.05, 3.63) is 58.9 Å². The van der Waals surface area contributed by atoms with Gasteiger partial charge < -0.3 is 14.3 Å². The van der Waals surface area contributed by atoms with Crippen LogP contribution >= 0.6 is 0 Å². The number of carbonyl (C=O) groups is 1. The number of benzene rings is 2. The largest absolute Gasteiger partial charge is 0.528 e. The molecular formula is C26H31N3O5. The highest BCUT2D eigenvalue weighted by molar-refractivity contribution is 5.93. The second kappa shape index (κ2) is 9.85. The summed E-state index contributed by atoms with van der Waals surface area (Å²) >= 11 is 0. The van der Waals surface area contributed by atoms with Gasteiger partial charge in [-0.1, -0.05) is 18.2 Å². The molecule has 0 unspecified atom stereocenters. The van der Waals surface area contributed by atoms with Crippen LogP contribution in [0.1, 0.15) is 33.6 Å². The Labute approximate surface area is 199 Å². The standard InChI is InChI=1S/C26H31N3O5/c1-26(2,3)33-25(31)34-29-15-13-18(14-16-29)17-32-20-11-9-19(10-12-20)23-21-7-5-6-8-22(21)24(30)28(4)27-23/h5-12,18H,13-17H2,1-4H3. The van der Waals surface area contributed by atoms with Gasteiger partial charge in [-0.15, -0.1) is 5.06 Å². The predicted octanol–water partition coefficient (Wildman–Crippen LogP) is 4.56. The van der Waals surface area contributed by atoms with Gasteiger partial charge in [-0.25, -0.2) is 9.48 Å². The van der Waals surface area contributed by atoms with Crippen LogP contribution in [-0.2, 0) is 16.6 Å². The van der Waals surface area contributed by atoms with E-state index >= 15 is 0 Å². The molecule has 3 aromatic rings. The highest BCUT2D eigenvalue weighted by atomic mass is 16.8. The maximum absolute atomic E-state index is 12.4. The number of carbonyl (C=O) groups excluding carboxylic acids is 1. The Hall–Kier alpha value is -3.39. The van der Waals surface area contributed by atoms with Crippen LogP contribution in [0.4, 0.5) is 4.79 Å². The molecular weight excluding hydrogens is 434 g/mol. The molecule has 0 N–H and O–H groups in total. The Kier molecular flexibility index (Phi) is 6.88. The van der Waals surface area contributed by atoms with Gasteiger partial charge in [-0.05, 0) is 69.9 Å². The number of hydrogen-bond acceptors (Lipinski definition) is 7. The molecule has 0 saturated carbocycles. The maximum atomic E-state index is 12.4. The van der Waals surface area contributed by atoms with Crippen molar-refractivity contribution in [1.82, 2.24) is 14.8 Å². The third kappa shape index (κ3) is 5.75. The smallest absolute Gasteiger partial charge is 0.493 e. The van der Waals surface area contributed by atoms with E-state index < -0.39 is 11.8 Å². The van der Waals surface area contributed by atoms with Crippen LogP contribution in [0.25, 0.3) is 22.0 Å². The van der Waals surface area contributed by atoms with Crippen LogP contribution in [0.2, 0.25) is 0 Å². The lowest BCUT2D eigenvalue weighted by molar-refractivity contribution is -0.156. The van der Waals surface area contributed by atoms with Gasteiger partial charge in [0, 0.05) is 31.1 Å². The summed E-state index contributed by atoms with van der Waals surface area (Å²) in [6.45, 7) is 7.33. The van der Waals surface area contributed by atoms with Gasteiger partial charge in [0.15, 0.2) is 0 Å². The Morgan fingerprint density at radius 2 is 1.68 bits per heavy atom. The van der Waals surface area contributed by atoms with Crippen LogP contribution < -0.4 is 10.3 Å². The molecule has 0 radical (unpaired) electrons. The summed E-state index contributed by atoms with van der Waals surface area (Å²) in [4.78, 5) is 29.5. The molecule has 2 heterocycles. The number of hydroxylamine groups is 2. The minimum absolute atomic E-state index is 0.109. The molecule has 1 aliphatic rings. The van der Waals surface area contributed by atoms with Gasteiger partial charge in [0.25, 0.3) is 5.56 Å². The van der Waals surface area contributed by atoms with Gasteiger partial charge in [0.2, 0.25) is 0 Å². The number of aromatic nitrogens is 2. The van der Waals surface area contributed by atoms with E-state index in [1.165, 1.54) is 4.68 Å². The van der Waals surface area contributed by atoms with E-state index in [1.54, 1.807) is 12.1 Å². The number of rotatable bonds is 5. The van der Waals surface area contributed by atoms with Crippen LogP contribution in [0.5, 0.6) is 5.75 Å². The Bertz CT molecular complexity index is 1210. The minimum atomic E-state index is -0.664. The molecule has 4 rings (SSSR count). The normalized spacial score (nSPS) is 15.3. The minimum Gasteiger partial charge on any atom is -0.493 e. The van der Waals surface area contributed by atoms with Crippen molar-refractivity contribution in [2.45, 2.75) is 39.2 Å². The fourth-order valence-electron chi connectivity index (χ4n) is 3.98. The van der Waals surface area contributed by atoms with Gasteiger partial charge in [0.1, 0.15) is 11.4 Å². The van der Waals surface area contributed by atoms with Crippen molar-refractivity contribution >= 4 is 16.9 Å². The van der Waals surface area contributed by atoms with Gasteiger partial charge in [-0.3, -0.25) is 4.79 Å². The first-order chi connectivity index (χ1) is 16.2. The monoisotopic (exact) mass is 465 g/mol. The van der Waals surface area contributed by atoms with E-state index in [0.29, 0.717) is 31.0 Å². The van der Waals surface area contributed by atoms with Crippen molar-refractivity contribution in [1.29, 1.82) is 0 Å². The molecule has 1 saturated heterocycles. The van der Waals surface area contributed by atoms with Crippen molar-refractivity contribution in [3.8, 4) is 17.0 Å². The molecule has 180 valence electrons. The van der Waals surface area contributed by atoms with E-state index in [2.05, 4.69) is 5.10 Å². The summed E-state index contributed by atoms with van der Waals surface area (Å²) in [6, 6.07) is 15.3. The summed E-state index contributed by atoms with van der Waals surface area (Å²) in [5, 5.41) is 7.62. The Morgan fingerprint density at radius 3 is 2.32 bits per heavy atom. The zero-order chi connectivity index (χ0) is 24.3. The van der Waals surface area contributed by atoms with E-state index in [1.807, 2.05) is 69.3 Å². The van der Waals surface area contributed by atoms with Crippen molar-refractivity contribution in [3.63, 3.8) is 0 Å². The van der Waals surface area contributed by atoms with E-state index in [0.717, 1.165) is 35.2 Å². The fourth-order valence-corrected chi connectivity index (χ4v) is 3.98. The quantitative estimate of drug-likeness (QED) is 0.511. The maximum Gasteiger partial charge on any atom is 0.528 e. The summed E-state index contributed by atoms with van der Waals surface area (Å²) in [6.07, 6.45) is 1.08. The van der Waals surface area contributed by atoms with Crippen LogP contribution in [0, 0.1) is 5.92 Å². The molecule has 8 heteroatoms. The number of fused-ring (bicyclic) bond motifs is 1. The number of piperidine rings is 1. The fraction of sp³-hybridized carbons (Fsp3) is 0.423. The SMILES string of the molecule is Cn1nc(-c2ccc(OCC3CCN(OC(=O)OC(C)(C)C)CC3)cc2)c2ccccc2c1=O. The number of aryl methyl sites for hydroxylation is 1. The van der Waals surface area contributed by atoms with Crippen molar-refractivity contribution < 1.29 is 19.1 Å². The highest BCUT2D eigenvalue weighted by Crippen LogP contribution is 2.27. The summed E-state index contributed by atoms with van der Waals surface area (Å²) in [5.74, 6) is 1.16. The zero-order valence-electron chi connectivity index (χ0n) is 20.1. The Balaban J connectivity index is 1.32. The summed E-state index contributed by atoms with van der Waals surface area (Å²) in [7, 11) is 1.67. The third-order valence-electron chi connectivity index (χ3n) is 5.74. The molecule has 0 bridgehead atoms. The van der Waals surface area contributed by atoms with Gasteiger partial charge >= 0.3 is 6.16 Å². The third-order valence-corrected chi connectivity index (χ3v) is 5.74. The lowest BCUT2D eigenvalue weighted by Gasteiger charge is -2.30. The average molecular weight is 466 g/mol. The molecule has 1 fully saturated rings. The first-order valence-electron chi connectivity index (χ1n) is 11.5. The molecule has 0 spiro atoms. The van der Waals surface area contributed by atoms with E-state index in [4.69, 9.17) is 14.3 Å².